The van der Waals surface area contributed by atoms with E-state index in [0.717, 1.165) is 35.4 Å². The number of carboxylic acids is 1. The minimum atomic E-state index is -4.97. The normalized spacial score (nSPS) is 13.2. The lowest BCUT2D eigenvalue weighted by atomic mass is 10.1. The zero-order valence-electron chi connectivity index (χ0n) is 29.3. The number of phenolic OH excluding ortho intramolecular Hbond substituents is 1. The van der Waals surface area contributed by atoms with E-state index >= 15 is 0 Å². The molecule has 19 heteroatoms. The van der Waals surface area contributed by atoms with Crippen molar-refractivity contribution in [1.29, 1.82) is 0 Å². The van der Waals surface area contributed by atoms with Gasteiger partial charge in [0.15, 0.2) is 5.75 Å². The molecule has 7 rings (SSSR count). The Bertz CT molecular complexity index is 3120. The topological polar surface area (TPSA) is 278 Å². The second-order valence-electron chi connectivity index (χ2n) is 12.4. The molecule has 58 heavy (non-hydrogen) atoms. The maximum absolute atomic E-state index is 12.6. The Morgan fingerprint density at radius 2 is 1.16 bits per heavy atom. The zero-order valence-corrected chi connectivity index (χ0v) is 31.7. The Hall–Kier alpha value is -7.03. The number of carbonyl (C=O) groups excluding carboxylic acids is 1. The molecule has 7 aromatic rings. The van der Waals surface area contributed by atoms with Crippen LogP contribution in [0.25, 0.3) is 32.7 Å². The number of nitrogen functional groups attached to an aromatic ring is 1. The summed E-state index contributed by atoms with van der Waals surface area (Å²) in [4.78, 5) is 9.77. The van der Waals surface area contributed by atoms with Crippen LogP contribution in [0.5, 0.6) is 11.5 Å². The average molecular weight is 831 g/mol. The number of phenols is 2. The highest BCUT2D eigenvalue weighted by molar-refractivity contribution is 8.29. The summed E-state index contributed by atoms with van der Waals surface area (Å²) in [5.74, 6) is -2.69. The molecule has 1 atom stereocenters. The molecule has 16 nitrogen and oxygen atoms in total. The molecule has 0 heterocycles. The number of carbonyl (C=O) groups is 1. The number of aromatic carboxylic acids is 1. The van der Waals surface area contributed by atoms with E-state index in [4.69, 9.17) is 5.73 Å². The number of benzene rings is 7. The molecule has 0 saturated heterocycles. The van der Waals surface area contributed by atoms with Crippen LogP contribution in [0.4, 0.5) is 39.8 Å². The first-order valence-electron chi connectivity index (χ1n) is 16.6. The quantitative estimate of drug-likeness (QED) is 0.0668. The molecule has 1 unspecified atom stereocenters. The third kappa shape index (κ3) is 8.24. The second-order valence-corrected chi connectivity index (χ2v) is 16.5. The highest BCUT2D eigenvalue weighted by Gasteiger charge is 2.20. The van der Waals surface area contributed by atoms with E-state index in [9.17, 15) is 41.8 Å². The van der Waals surface area contributed by atoms with E-state index in [0.29, 0.717) is 27.8 Å². The molecule has 7 aromatic carbocycles. The SMILES string of the molecule is Nc1cc(S(=O)(=O)[O-])cc2cc(S(=O)([O-])=S)c(N=Nc3ccc(N=Nc4ccc(-c5ccc(N=Nc6ccc(O)c(C(=O)[O-])c6)cc5)cc4)c4ccccc34)c(O)c12. The van der Waals surface area contributed by atoms with Gasteiger partial charge >= 0.3 is 0 Å². The Balaban J connectivity index is 1.12. The standard InChI is InChI=1S/C39H27N7O9S3/c40-31-20-27(57(51,52)53)17-23-18-35(58(54,55)56)37(38(48)36(23)31)46-45-33-15-14-32(28-3-1-2-4-29(28)33)44-42-25-11-7-22(8-12-25)21-5-9-24(10-6-21)41-43-26-13-16-34(47)30(19-26)39(49)50/h1-20,47-48H,40H2,(H,49,50)(H,51,52,53)(H,54,55,56)/p-3. The summed E-state index contributed by atoms with van der Waals surface area (Å²) in [5.41, 5.74) is 8.54. The van der Waals surface area contributed by atoms with Crippen LogP contribution < -0.4 is 10.8 Å². The summed E-state index contributed by atoms with van der Waals surface area (Å²) in [5, 5.41) is 58.1. The van der Waals surface area contributed by atoms with Gasteiger partial charge in [0.1, 0.15) is 21.6 Å². The van der Waals surface area contributed by atoms with Crippen molar-refractivity contribution in [3.63, 3.8) is 0 Å². The third-order valence-corrected chi connectivity index (χ3v) is 10.9. The molecular formula is C39H24N7O9S3-3. The predicted molar refractivity (Wildman–Crippen MR) is 213 cm³/mol. The van der Waals surface area contributed by atoms with E-state index in [2.05, 4.69) is 41.9 Å². The molecule has 0 aromatic heterocycles. The lowest BCUT2D eigenvalue weighted by molar-refractivity contribution is -0.255. The average Bonchev–Trinajstić information content (AvgIpc) is 3.19. The molecule has 0 saturated carbocycles. The molecule has 0 aliphatic carbocycles. The lowest BCUT2D eigenvalue weighted by Crippen LogP contribution is -2.22. The maximum atomic E-state index is 12.6. The molecular weight excluding hydrogens is 807 g/mol. The van der Waals surface area contributed by atoms with Gasteiger partial charge in [-0.1, -0.05) is 48.5 Å². The fraction of sp³-hybridized carbons (Fsp3) is 0. The van der Waals surface area contributed by atoms with E-state index in [1.54, 1.807) is 60.7 Å². The second kappa shape index (κ2) is 15.5. The molecule has 0 aliphatic rings. The van der Waals surface area contributed by atoms with Gasteiger partial charge in [-0.05, 0) is 109 Å². The summed E-state index contributed by atoms with van der Waals surface area (Å²) >= 11 is 4.67. The van der Waals surface area contributed by atoms with Gasteiger partial charge < -0.3 is 35.0 Å². The summed E-state index contributed by atoms with van der Waals surface area (Å²) < 4.78 is 60.1. The largest absolute Gasteiger partial charge is 0.766 e. The minimum absolute atomic E-state index is 0.153. The first-order chi connectivity index (χ1) is 27.6. The van der Waals surface area contributed by atoms with Gasteiger partial charge in [-0.25, -0.2) is 8.42 Å². The van der Waals surface area contributed by atoms with Gasteiger partial charge in [-0.2, -0.15) is 15.3 Å². The van der Waals surface area contributed by atoms with E-state index < -0.39 is 51.8 Å². The zero-order chi connectivity index (χ0) is 41.4. The van der Waals surface area contributed by atoms with Crippen molar-refractivity contribution in [1.82, 2.24) is 0 Å². The van der Waals surface area contributed by atoms with Crippen molar-refractivity contribution < 1.29 is 41.8 Å². The van der Waals surface area contributed by atoms with Crippen molar-refractivity contribution in [3.8, 4) is 22.6 Å². The van der Waals surface area contributed by atoms with E-state index in [-0.39, 0.29) is 33.4 Å². The fourth-order valence-corrected chi connectivity index (χ4v) is 7.46. The van der Waals surface area contributed by atoms with Crippen molar-refractivity contribution in [2.24, 2.45) is 30.7 Å². The Kier molecular flexibility index (Phi) is 10.5. The molecule has 290 valence electrons. The number of aromatic hydroxyl groups is 2. The molecule has 0 aliphatic heterocycles. The van der Waals surface area contributed by atoms with Gasteiger partial charge in [-0.3, -0.25) is 4.21 Å². The van der Waals surface area contributed by atoms with Crippen LogP contribution >= 0.6 is 0 Å². The first kappa shape index (κ1) is 39.2. The number of rotatable bonds is 10. The van der Waals surface area contributed by atoms with Crippen LogP contribution in [0.2, 0.25) is 0 Å². The van der Waals surface area contributed by atoms with Gasteiger partial charge in [0.2, 0.25) is 0 Å². The highest BCUT2D eigenvalue weighted by atomic mass is 32.8. The number of nitrogens with two attached hydrogens (primary N) is 1. The Morgan fingerprint density at radius 1 is 0.638 bits per heavy atom. The summed E-state index contributed by atoms with van der Waals surface area (Å²) in [7, 11) is -9.45. The summed E-state index contributed by atoms with van der Waals surface area (Å²) in [6.07, 6.45) is 0. The Morgan fingerprint density at radius 3 is 1.69 bits per heavy atom. The van der Waals surface area contributed by atoms with Crippen LogP contribution in [-0.4, -0.2) is 37.9 Å². The van der Waals surface area contributed by atoms with Gasteiger partial charge in [0.05, 0.1) is 44.2 Å². The van der Waals surface area contributed by atoms with Crippen molar-refractivity contribution in [2.75, 3.05) is 5.73 Å². The van der Waals surface area contributed by atoms with Crippen LogP contribution in [0.15, 0.2) is 162 Å². The summed E-state index contributed by atoms with van der Waals surface area (Å²) in [6.45, 7) is 0. The number of fused-ring (bicyclic) bond motifs is 2. The van der Waals surface area contributed by atoms with Crippen LogP contribution in [0.1, 0.15) is 10.4 Å². The number of anilines is 1. The van der Waals surface area contributed by atoms with Gasteiger partial charge in [0, 0.05) is 27.4 Å². The van der Waals surface area contributed by atoms with E-state index in [1.807, 2.05) is 24.3 Å². The van der Waals surface area contributed by atoms with Crippen LogP contribution in [0, 0.1) is 0 Å². The fourth-order valence-electron chi connectivity index (χ4n) is 5.89. The van der Waals surface area contributed by atoms with E-state index in [1.165, 1.54) is 12.1 Å². The number of carboxylic acid groups (broad SMARTS) is 1. The predicted octanol–water partition coefficient (Wildman–Crippen LogP) is 8.40. The van der Waals surface area contributed by atoms with Crippen molar-refractivity contribution >= 4 is 97.4 Å². The molecule has 0 bridgehead atoms. The van der Waals surface area contributed by atoms with Crippen molar-refractivity contribution in [3.05, 3.63) is 127 Å². The van der Waals surface area contributed by atoms with Crippen molar-refractivity contribution in [2.45, 2.75) is 9.79 Å². The number of azo groups is 3. The van der Waals surface area contributed by atoms with Gasteiger partial charge in [0.25, 0.3) is 0 Å². The highest BCUT2D eigenvalue weighted by Crippen LogP contribution is 2.45. The number of hydrogen-bond acceptors (Lipinski definition) is 17. The third-order valence-electron chi connectivity index (χ3n) is 8.67. The smallest absolute Gasteiger partial charge is 0.154 e. The number of nitrogens with zero attached hydrogens (tertiary/aromatic N) is 6. The minimum Gasteiger partial charge on any atom is -0.766 e. The monoisotopic (exact) mass is 830 g/mol. The van der Waals surface area contributed by atoms with Crippen LogP contribution in [0.3, 0.4) is 0 Å². The summed E-state index contributed by atoms with van der Waals surface area (Å²) in [6, 6.07) is 31.2. The first-order valence-corrected chi connectivity index (χ1v) is 20.4. The molecule has 0 spiro atoms. The van der Waals surface area contributed by atoms with Gasteiger partial charge in [-0.15, -0.1) is 15.3 Å². The Labute approximate surface area is 333 Å². The maximum Gasteiger partial charge on any atom is 0.154 e. The molecule has 4 N–H and O–H groups in total. The number of hydrogen-bond donors (Lipinski definition) is 3. The molecule has 0 fully saturated rings. The molecule has 0 radical (unpaired) electrons. The molecule has 0 amide bonds. The van der Waals surface area contributed by atoms with Crippen LogP contribution in [-0.2, 0) is 30.1 Å². The lowest BCUT2D eigenvalue weighted by Gasteiger charge is -2.18.